The fourth-order valence-corrected chi connectivity index (χ4v) is 5.04. The van der Waals surface area contributed by atoms with E-state index in [1.807, 2.05) is 36.4 Å². The van der Waals surface area contributed by atoms with Crippen molar-refractivity contribution >= 4 is 21.6 Å². The van der Waals surface area contributed by atoms with Gasteiger partial charge in [-0.1, -0.05) is 42.5 Å². The molecule has 8 heteroatoms. The molecule has 0 saturated carbocycles. The van der Waals surface area contributed by atoms with E-state index < -0.39 is 15.9 Å². The molecule has 4 N–H and O–H groups in total. The van der Waals surface area contributed by atoms with Crippen LogP contribution in [0.4, 0.5) is 5.69 Å². The van der Waals surface area contributed by atoms with Crippen molar-refractivity contribution in [3.63, 3.8) is 0 Å². The summed E-state index contributed by atoms with van der Waals surface area (Å²) in [7, 11) is -3.60. The summed E-state index contributed by atoms with van der Waals surface area (Å²) in [5, 5.41) is 0. The third-order valence-corrected chi connectivity index (χ3v) is 7.24. The molecular weight excluding hydrogens is 414 g/mol. The highest BCUT2D eigenvalue weighted by atomic mass is 32.2. The predicted molar refractivity (Wildman–Crippen MR) is 120 cm³/mol. The average Bonchev–Trinajstić information content (AvgIpc) is 2.80. The van der Waals surface area contributed by atoms with Crippen LogP contribution < -0.4 is 11.5 Å². The van der Waals surface area contributed by atoms with Gasteiger partial charge in [0.05, 0.1) is 29.4 Å². The molecule has 4 rings (SSSR count). The number of primary amides is 1. The van der Waals surface area contributed by atoms with Gasteiger partial charge in [0, 0.05) is 18.7 Å². The second-order valence-electron chi connectivity index (χ2n) is 7.26. The van der Waals surface area contributed by atoms with Crippen molar-refractivity contribution < 1.29 is 17.9 Å². The molecule has 1 aliphatic heterocycles. The number of amides is 1. The summed E-state index contributed by atoms with van der Waals surface area (Å²) in [4.78, 5) is 12.2. The van der Waals surface area contributed by atoms with E-state index in [-0.39, 0.29) is 16.1 Å². The molecule has 31 heavy (non-hydrogen) atoms. The SMILES string of the molecule is NC(=O)c1cc(-c2ccccc2)cc(-c2ccc(S(=O)(=O)N3CCOCC3)cc2)c1N. The Morgan fingerprint density at radius 2 is 1.52 bits per heavy atom. The molecule has 0 atom stereocenters. The van der Waals surface area contributed by atoms with Crippen molar-refractivity contribution in [2.75, 3.05) is 32.0 Å². The van der Waals surface area contributed by atoms with E-state index in [4.69, 9.17) is 16.2 Å². The standard InChI is InChI=1S/C23H23N3O4S/c24-22-20(14-18(15-21(22)23(25)27)16-4-2-1-3-5-16)17-6-8-19(9-7-17)31(28,29)26-10-12-30-13-11-26/h1-9,14-15H,10-13,24H2,(H2,25,27). The van der Waals surface area contributed by atoms with Crippen LogP contribution in [0, 0.1) is 0 Å². The number of nitrogens with zero attached hydrogens (tertiary/aromatic N) is 1. The maximum Gasteiger partial charge on any atom is 0.250 e. The number of nitrogens with two attached hydrogens (primary N) is 2. The third kappa shape index (κ3) is 4.18. The van der Waals surface area contributed by atoms with Gasteiger partial charge in [-0.3, -0.25) is 4.79 Å². The Balaban J connectivity index is 1.75. The topological polar surface area (TPSA) is 116 Å². The molecule has 3 aromatic carbocycles. The second kappa shape index (κ2) is 8.50. The second-order valence-corrected chi connectivity index (χ2v) is 9.19. The molecule has 0 spiro atoms. The third-order valence-electron chi connectivity index (χ3n) is 5.33. The van der Waals surface area contributed by atoms with Crippen LogP contribution in [0.3, 0.4) is 0 Å². The molecule has 1 saturated heterocycles. The van der Waals surface area contributed by atoms with Gasteiger partial charge in [-0.15, -0.1) is 0 Å². The van der Waals surface area contributed by atoms with E-state index in [0.29, 0.717) is 37.4 Å². The lowest BCUT2D eigenvalue weighted by Crippen LogP contribution is -2.40. The monoisotopic (exact) mass is 437 g/mol. The molecule has 1 aliphatic rings. The summed E-state index contributed by atoms with van der Waals surface area (Å²) < 4.78 is 32.4. The summed E-state index contributed by atoms with van der Waals surface area (Å²) in [5.74, 6) is -0.622. The number of hydrogen-bond acceptors (Lipinski definition) is 5. The normalized spacial score (nSPS) is 15.0. The first-order chi connectivity index (χ1) is 14.9. The summed E-state index contributed by atoms with van der Waals surface area (Å²) in [6, 6.07) is 19.6. The number of ether oxygens (including phenoxy) is 1. The maximum absolute atomic E-state index is 12.9. The first kappa shape index (κ1) is 21.0. The number of rotatable bonds is 5. The Morgan fingerprint density at radius 1 is 0.871 bits per heavy atom. The van der Waals surface area contributed by atoms with Gasteiger partial charge in [0.25, 0.3) is 5.91 Å². The number of carbonyl (C=O) groups excluding carboxylic acids is 1. The lowest BCUT2D eigenvalue weighted by atomic mass is 9.94. The molecular formula is C23H23N3O4S. The minimum Gasteiger partial charge on any atom is -0.398 e. The van der Waals surface area contributed by atoms with Crippen molar-refractivity contribution in [1.82, 2.24) is 4.31 Å². The van der Waals surface area contributed by atoms with Gasteiger partial charge in [0.1, 0.15) is 0 Å². The molecule has 0 bridgehead atoms. The first-order valence-corrected chi connectivity index (χ1v) is 11.3. The minimum atomic E-state index is -3.60. The van der Waals surface area contributed by atoms with Crippen molar-refractivity contribution in [3.8, 4) is 22.3 Å². The molecule has 1 amide bonds. The van der Waals surface area contributed by atoms with Gasteiger partial charge in [0.15, 0.2) is 0 Å². The molecule has 0 aromatic heterocycles. The lowest BCUT2D eigenvalue weighted by Gasteiger charge is -2.26. The molecule has 0 radical (unpaired) electrons. The van der Waals surface area contributed by atoms with Crippen molar-refractivity contribution in [3.05, 3.63) is 72.3 Å². The van der Waals surface area contributed by atoms with Crippen LogP contribution in [0.15, 0.2) is 71.6 Å². The number of benzene rings is 3. The average molecular weight is 438 g/mol. The van der Waals surface area contributed by atoms with Crippen molar-refractivity contribution in [2.24, 2.45) is 5.73 Å². The zero-order valence-electron chi connectivity index (χ0n) is 16.8. The highest BCUT2D eigenvalue weighted by molar-refractivity contribution is 7.89. The Labute approximate surface area is 181 Å². The van der Waals surface area contributed by atoms with Crippen molar-refractivity contribution in [1.29, 1.82) is 0 Å². The van der Waals surface area contributed by atoms with E-state index in [1.54, 1.807) is 30.3 Å². The highest BCUT2D eigenvalue weighted by Crippen LogP contribution is 2.35. The van der Waals surface area contributed by atoms with Crippen LogP contribution in [0.1, 0.15) is 10.4 Å². The summed E-state index contributed by atoms with van der Waals surface area (Å²) >= 11 is 0. The fourth-order valence-electron chi connectivity index (χ4n) is 3.64. The summed E-state index contributed by atoms with van der Waals surface area (Å²) in [5.41, 5.74) is 15.3. The molecule has 160 valence electrons. The van der Waals surface area contributed by atoms with E-state index in [0.717, 1.165) is 11.1 Å². The molecule has 7 nitrogen and oxygen atoms in total. The summed E-state index contributed by atoms with van der Waals surface area (Å²) in [6.45, 7) is 1.43. The van der Waals surface area contributed by atoms with Gasteiger partial charge in [-0.25, -0.2) is 8.42 Å². The first-order valence-electron chi connectivity index (χ1n) is 9.85. The maximum atomic E-state index is 12.9. The largest absolute Gasteiger partial charge is 0.398 e. The number of nitrogen functional groups attached to an aromatic ring is 1. The molecule has 3 aromatic rings. The fraction of sp³-hybridized carbons (Fsp3) is 0.174. The van der Waals surface area contributed by atoms with E-state index >= 15 is 0 Å². The minimum absolute atomic E-state index is 0.200. The number of hydrogen-bond donors (Lipinski definition) is 2. The van der Waals surface area contributed by atoms with E-state index in [1.165, 1.54) is 4.31 Å². The molecule has 0 aliphatic carbocycles. The van der Waals surface area contributed by atoms with Crippen molar-refractivity contribution in [2.45, 2.75) is 4.90 Å². The summed E-state index contributed by atoms with van der Waals surface area (Å²) in [6.07, 6.45) is 0. The zero-order valence-corrected chi connectivity index (χ0v) is 17.6. The quantitative estimate of drug-likeness (QED) is 0.596. The van der Waals surface area contributed by atoms with Gasteiger partial charge >= 0.3 is 0 Å². The van der Waals surface area contributed by atoms with Crippen LogP contribution in [0.25, 0.3) is 22.3 Å². The van der Waals surface area contributed by atoms with E-state index in [2.05, 4.69) is 0 Å². The van der Waals surface area contributed by atoms with E-state index in [9.17, 15) is 13.2 Å². The number of morpholine rings is 1. The molecule has 1 heterocycles. The van der Waals surface area contributed by atoms with Crippen LogP contribution in [0.2, 0.25) is 0 Å². The van der Waals surface area contributed by atoms with Gasteiger partial charge < -0.3 is 16.2 Å². The van der Waals surface area contributed by atoms with Gasteiger partial charge in [-0.2, -0.15) is 4.31 Å². The smallest absolute Gasteiger partial charge is 0.250 e. The zero-order chi connectivity index (χ0) is 22.0. The predicted octanol–water partition coefficient (Wildman–Crippen LogP) is 2.72. The van der Waals surface area contributed by atoms with Gasteiger partial charge in [0.2, 0.25) is 10.0 Å². The lowest BCUT2D eigenvalue weighted by molar-refractivity contribution is 0.0730. The highest BCUT2D eigenvalue weighted by Gasteiger charge is 2.26. The van der Waals surface area contributed by atoms with Crippen LogP contribution in [-0.2, 0) is 14.8 Å². The molecule has 0 unspecified atom stereocenters. The Hall–Kier alpha value is -3.20. The Bertz CT molecular complexity index is 1200. The number of anilines is 1. The molecule has 1 fully saturated rings. The Kier molecular flexibility index (Phi) is 5.77. The van der Waals surface area contributed by atoms with Crippen LogP contribution >= 0.6 is 0 Å². The number of carbonyl (C=O) groups is 1. The van der Waals surface area contributed by atoms with Crippen LogP contribution in [0.5, 0.6) is 0 Å². The van der Waals surface area contributed by atoms with Gasteiger partial charge in [-0.05, 0) is 41.0 Å². The number of sulfonamides is 1. The van der Waals surface area contributed by atoms with Crippen LogP contribution in [-0.4, -0.2) is 44.9 Å². The Morgan fingerprint density at radius 3 is 2.13 bits per heavy atom.